The molecular formula is C44H81NO5. The van der Waals surface area contributed by atoms with Gasteiger partial charge >= 0.3 is 11.9 Å². The molecule has 0 aliphatic heterocycles. The molecule has 292 valence electrons. The lowest BCUT2D eigenvalue weighted by atomic mass is 10.0. The summed E-state index contributed by atoms with van der Waals surface area (Å²) in [5.74, 6) is -1.24. The number of amides is 1. The molecule has 0 aromatic heterocycles. The Kier molecular flexibility index (Phi) is 38.0. The summed E-state index contributed by atoms with van der Waals surface area (Å²) in [6.07, 6.45) is 47.2. The smallest absolute Gasteiger partial charge is 0.322 e. The van der Waals surface area contributed by atoms with Gasteiger partial charge in [-0.25, -0.2) is 0 Å². The Labute approximate surface area is 309 Å². The first-order valence-electron chi connectivity index (χ1n) is 21.5. The van der Waals surface area contributed by atoms with Crippen molar-refractivity contribution in [3.63, 3.8) is 0 Å². The Morgan fingerprint density at radius 2 is 0.860 bits per heavy atom. The Hall–Kier alpha value is -2.11. The summed E-state index contributed by atoms with van der Waals surface area (Å²) < 4.78 is 6.02. The van der Waals surface area contributed by atoms with E-state index in [2.05, 4.69) is 43.5 Å². The van der Waals surface area contributed by atoms with Crippen molar-refractivity contribution in [3.05, 3.63) is 24.3 Å². The van der Waals surface area contributed by atoms with Crippen molar-refractivity contribution in [1.29, 1.82) is 0 Å². The summed E-state index contributed by atoms with van der Waals surface area (Å²) in [7, 11) is 0. The highest BCUT2D eigenvalue weighted by Gasteiger charge is 2.14. The molecule has 0 rings (SSSR count). The number of hydrogen-bond donors (Lipinski definition) is 2. The second-order valence-electron chi connectivity index (χ2n) is 14.6. The first kappa shape index (κ1) is 47.9. The van der Waals surface area contributed by atoms with Crippen LogP contribution in [0.25, 0.3) is 0 Å². The molecule has 1 atom stereocenters. The van der Waals surface area contributed by atoms with Gasteiger partial charge in [0.2, 0.25) is 5.91 Å². The maximum Gasteiger partial charge on any atom is 0.322 e. The van der Waals surface area contributed by atoms with Crippen LogP contribution in [0.5, 0.6) is 0 Å². The number of carbonyl (C=O) groups excluding carboxylic acids is 2. The average molecular weight is 704 g/mol. The van der Waals surface area contributed by atoms with Gasteiger partial charge in [-0.05, 0) is 89.9 Å². The number of esters is 1. The number of hydrogen-bond acceptors (Lipinski definition) is 4. The first-order valence-corrected chi connectivity index (χ1v) is 21.5. The van der Waals surface area contributed by atoms with Gasteiger partial charge < -0.3 is 15.2 Å². The van der Waals surface area contributed by atoms with E-state index in [0.717, 1.165) is 70.6 Å². The molecule has 6 nitrogen and oxygen atoms in total. The molecule has 0 radical (unpaired) electrons. The predicted molar refractivity (Wildman–Crippen MR) is 213 cm³/mol. The van der Waals surface area contributed by atoms with Crippen LogP contribution in [0.2, 0.25) is 0 Å². The Morgan fingerprint density at radius 1 is 0.500 bits per heavy atom. The minimum Gasteiger partial charge on any atom is -0.480 e. The van der Waals surface area contributed by atoms with Crippen molar-refractivity contribution in [3.8, 4) is 0 Å². The zero-order chi connectivity index (χ0) is 36.6. The number of nitrogens with one attached hydrogen (secondary N) is 1. The molecule has 0 aromatic rings. The molecule has 0 aliphatic carbocycles. The van der Waals surface area contributed by atoms with Gasteiger partial charge in [0, 0.05) is 12.8 Å². The number of carboxylic acid groups (broad SMARTS) is 1. The Morgan fingerprint density at radius 3 is 1.32 bits per heavy atom. The number of unbranched alkanes of at least 4 members (excludes halogenated alkanes) is 24. The summed E-state index contributed by atoms with van der Waals surface area (Å²) in [5.41, 5.74) is 0. The zero-order valence-corrected chi connectivity index (χ0v) is 33.0. The van der Waals surface area contributed by atoms with Gasteiger partial charge in [-0.1, -0.05) is 147 Å². The summed E-state index contributed by atoms with van der Waals surface area (Å²) in [6, 6.07) is 0. The molecule has 0 fully saturated rings. The largest absolute Gasteiger partial charge is 0.480 e. The molecule has 0 aliphatic rings. The molecule has 0 saturated carbocycles. The molecule has 1 amide bonds. The molecule has 0 heterocycles. The number of carbonyl (C=O) groups is 3. The van der Waals surface area contributed by atoms with E-state index in [1.807, 2.05) is 0 Å². The normalized spacial score (nSPS) is 12.2. The standard InChI is InChI=1S/C44H81NO5/c1-3-5-7-9-11-13-15-17-18-20-21-23-25-28-32-36-41(37-33-29-27-30-34-38-42(46)45-40-43(47)48)50-44(49)39-35-31-26-24-22-19-16-14-12-10-8-6-4-2/h14,16,20-21,41H,3-13,15,17-19,22-40H2,1-2H3,(H,45,46)(H,47,48)/b16-14-,21-20-. The van der Waals surface area contributed by atoms with E-state index < -0.39 is 5.97 Å². The fraction of sp³-hybridized carbons (Fsp3) is 0.841. The second kappa shape index (κ2) is 39.7. The first-order chi connectivity index (χ1) is 24.5. The van der Waals surface area contributed by atoms with Crippen LogP contribution in [0.3, 0.4) is 0 Å². The molecule has 2 N–H and O–H groups in total. The summed E-state index contributed by atoms with van der Waals surface area (Å²) >= 11 is 0. The molecule has 1 unspecified atom stereocenters. The van der Waals surface area contributed by atoms with Crippen molar-refractivity contribution in [2.24, 2.45) is 0 Å². The van der Waals surface area contributed by atoms with E-state index in [1.165, 1.54) is 128 Å². The summed E-state index contributed by atoms with van der Waals surface area (Å²) in [4.78, 5) is 35.0. The highest BCUT2D eigenvalue weighted by Crippen LogP contribution is 2.18. The minimum absolute atomic E-state index is 0.00979. The van der Waals surface area contributed by atoms with Gasteiger partial charge in [0.15, 0.2) is 0 Å². The quantitative estimate of drug-likeness (QED) is 0.0378. The van der Waals surface area contributed by atoms with Crippen LogP contribution in [0.1, 0.15) is 226 Å². The molecular weight excluding hydrogens is 622 g/mol. The monoisotopic (exact) mass is 704 g/mol. The van der Waals surface area contributed by atoms with Crippen LogP contribution >= 0.6 is 0 Å². The van der Waals surface area contributed by atoms with E-state index in [-0.39, 0.29) is 24.5 Å². The van der Waals surface area contributed by atoms with Crippen LogP contribution in [0, 0.1) is 0 Å². The average Bonchev–Trinajstić information content (AvgIpc) is 3.10. The lowest BCUT2D eigenvalue weighted by Crippen LogP contribution is -2.28. The Balaban J connectivity index is 4.21. The Bertz CT molecular complexity index is 823. The lowest BCUT2D eigenvalue weighted by Gasteiger charge is -2.18. The molecule has 0 saturated heterocycles. The van der Waals surface area contributed by atoms with E-state index in [4.69, 9.17) is 9.84 Å². The molecule has 0 bridgehead atoms. The van der Waals surface area contributed by atoms with Gasteiger partial charge in [-0.2, -0.15) is 0 Å². The van der Waals surface area contributed by atoms with Crippen LogP contribution in [0.4, 0.5) is 0 Å². The van der Waals surface area contributed by atoms with Crippen molar-refractivity contribution >= 4 is 17.8 Å². The van der Waals surface area contributed by atoms with Crippen LogP contribution in [-0.2, 0) is 19.1 Å². The third-order valence-electron chi connectivity index (χ3n) is 9.60. The van der Waals surface area contributed by atoms with Gasteiger partial charge in [0.25, 0.3) is 0 Å². The van der Waals surface area contributed by atoms with Gasteiger partial charge in [0.05, 0.1) is 0 Å². The number of rotatable bonds is 39. The van der Waals surface area contributed by atoms with Gasteiger partial charge in [-0.3, -0.25) is 14.4 Å². The lowest BCUT2D eigenvalue weighted by molar-refractivity contribution is -0.150. The van der Waals surface area contributed by atoms with Crippen LogP contribution in [-0.4, -0.2) is 35.6 Å². The second-order valence-corrected chi connectivity index (χ2v) is 14.6. The fourth-order valence-electron chi connectivity index (χ4n) is 6.39. The SMILES string of the molecule is CCCCCC/C=C\CCCCCCCC(=O)OC(CCCCC/C=C\CCCCCCCCCC)CCCCCCCC(=O)NCC(=O)O. The zero-order valence-electron chi connectivity index (χ0n) is 33.0. The fourth-order valence-corrected chi connectivity index (χ4v) is 6.39. The van der Waals surface area contributed by atoms with Crippen molar-refractivity contribution in [1.82, 2.24) is 5.32 Å². The highest BCUT2D eigenvalue weighted by atomic mass is 16.5. The predicted octanol–water partition coefficient (Wildman–Crippen LogP) is 13.1. The highest BCUT2D eigenvalue weighted by molar-refractivity contribution is 5.80. The number of allylic oxidation sites excluding steroid dienone is 4. The minimum atomic E-state index is -1.02. The third kappa shape index (κ3) is 38.7. The third-order valence-corrected chi connectivity index (χ3v) is 9.60. The van der Waals surface area contributed by atoms with Crippen LogP contribution < -0.4 is 5.32 Å². The van der Waals surface area contributed by atoms with Crippen molar-refractivity contribution < 1.29 is 24.2 Å². The van der Waals surface area contributed by atoms with Crippen molar-refractivity contribution in [2.75, 3.05) is 6.54 Å². The molecule has 6 heteroatoms. The maximum absolute atomic E-state index is 12.7. The van der Waals surface area contributed by atoms with Gasteiger partial charge in [-0.15, -0.1) is 0 Å². The van der Waals surface area contributed by atoms with E-state index in [9.17, 15) is 14.4 Å². The number of ether oxygens (including phenoxy) is 1. The topological polar surface area (TPSA) is 92.7 Å². The maximum atomic E-state index is 12.7. The van der Waals surface area contributed by atoms with Crippen molar-refractivity contribution in [2.45, 2.75) is 232 Å². The molecule has 0 spiro atoms. The number of aliphatic carboxylic acids is 1. The number of carboxylic acids is 1. The molecule has 0 aromatic carbocycles. The molecule has 50 heavy (non-hydrogen) atoms. The van der Waals surface area contributed by atoms with E-state index in [1.54, 1.807) is 0 Å². The summed E-state index contributed by atoms with van der Waals surface area (Å²) in [6.45, 7) is 4.22. The van der Waals surface area contributed by atoms with E-state index in [0.29, 0.717) is 12.8 Å². The summed E-state index contributed by atoms with van der Waals surface area (Å²) in [5, 5.41) is 11.1. The van der Waals surface area contributed by atoms with E-state index >= 15 is 0 Å². The van der Waals surface area contributed by atoms with Crippen LogP contribution in [0.15, 0.2) is 24.3 Å². The van der Waals surface area contributed by atoms with Gasteiger partial charge in [0.1, 0.15) is 12.6 Å².